The van der Waals surface area contributed by atoms with Crippen molar-refractivity contribution >= 4 is 16.9 Å². The first kappa shape index (κ1) is 17.5. The zero-order chi connectivity index (χ0) is 18.9. The number of hydrogen-bond donors (Lipinski definition) is 2. The number of benzene rings is 2. The molecule has 1 aromatic heterocycles. The molecule has 1 heterocycles. The van der Waals surface area contributed by atoms with Gasteiger partial charge in [0.2, 0.25) is 0 Å². The van der Waals surface area contributed by atoms with Crippen LogP contribution in [-0.2, 0) is 12.8 Å². The lowest BCUT2D eigenvalue weighted by Gasteiger charge is -2.14. The van der Waals surface area contributed by atoms with Crippen LogP contribution in [0, 0.1) is 0 Å². The van der Waals surface area contributed by atoms with Crippen molar-refractivity contribution in [2.24, 2.45) is 0 Å². The molecule has 0 amide bonds. The molecule has 0 unspecified atom stereocenters. The number of aromatic amines is 1. The number of hydrogen-bond acceptors (Lipinski definition) is 3. The maximum atomic E-state index is 13.2. The summed E-state index contributed by atoms with van der Waals surface area (Å²) in [5.74, 6) is -1.51. The van der Waals surface area contributed by atoms with Crippen LogP contribution >= 0.6 is 0 Å². The molecule has 8 heteroatoms. The largest absolute Gasteiger partial charge is 0.487 e. The van der Waals surface area contributed by atoms with Crippen LogP contribution in [0.5, 0.6) is 5.75 Å². The highest BCUT2D eigenvalue weighted by molar-refractivity contribution is 5.93. The molecule has 0 bridgehead atoms. The second-order valence-electron chi connectivity index (χ2n) is 5.49. The van der Waals surface area contributed by atoms with Gasteiger partial charge < -0.3 is 14.8 Å². The number of halogens is 3. The van der Waals surface area contributed by atoms with Crippen LogP contribution in [0.4, 0.5) is 13.2 Å². The number of H-pyrrole nitrogens is 1. The van der Waals surface area contributed by atoms with Gasteiger partial charge in [-0.25, -0.2) is 4.79 Å². The van der Waals surface area contributed by atoms with Gasteiger partial charge >= 0.3 is 12.1 Å². The highest BCUT2D eigenvalue weighted by Crippen LogP contribution is 2.36. The molecule has 0 radical (unpaired) electrons. The van der Waals surface area contributed by atoms with Crippen LogP contribution in [0.2, 0.25) is 0 Å². The number of aromatic carboxylic acids is 1. The summed E-state index contributed by atoms with van der Waals surface area (Å²) in [7, 11) is 0. The standard InChI is InChI=1S/C18H12F3NO4/c19-18(20,21)11-6-7-14(26-9-10-4-2-1-3-5-10)16-15(11)13(23)8-12(22-16)17(24)25/h1-8H,9H2,(H,22,23)(H,24,25). The molecule has 3 aromatic rings. The van der Waals surface area contributed by atoms with E-state index in [-0.39, 0.29) is 17.9 Å². The normalized spacial score (nSPS) is 11.5. The molecule has 134 valence electrons. The highest BCUT2D eigenvalue weighted by Gasteiger charge is 2.34. The number of carboxylic acid groups (broad SMARTS) is 1. The van der Waals surface area contributed by atoms with E-state index < -0.39 is 34.2 Å². The third-order valence-corrected chi connectivity index (χ3v) is 3.72. The van der Waals surface area contributed by atoms with Gasteiger partial charge in [-0.2, -0.15) is 13.2 Å². The third kappa shape index (κ3) is 3.39. The highest BCUT2D eigenvalue weighted by atomic mass is 19.4. The minimum atomic E-state index is -4.77. The lowest BCUT2D eigenvalue weighted by atomic mass is 10.1. The molecule has 3 rings (SSSR count). The molecule has 0 aliphatic heterocycles. The molecule has 5 nitrogen and oxygen atoms in total. The molecule has 0 aliphatic rings. The van der Waals surface area contributed by atoms with Crippen LogP contribution in [0.15, 0.2) is 53.3 Å². The summed E-state index contributed by atoms with van der Waals surface area (Å²) in [5.41, 5.74) is -2.27. The third-order valence-electron chi connectivity index (χ3n) is 3.72. The number of carboxylic acids is 1. The molecule has 0 spiro atoms. The van der Waals surface area contributed by atoms with Gasteiger partial charge in [0, 0.05) is 6.07 Å². The van der Waals surface area contributed by atoms with Crippen LogP contribution in [-0.4, -0.2) is 16.1 Å². The lowest BCUT2D eigenvalue weighted by Crippen LogP contribution is -2.16. The first-order chi connectivity index (χ1) is 12.3. The molecule has 0 aliphatic carbocycles. The number of nitrogens with one attached hydrogen (secondary N) is 1. The Morgan fingerprint density at radius 1 is 1.12 bits per heavy atom. The summed E-state index contributed by atoms with van der Waals surface area (Å²) in [4.78, 5) is 25.7. The van der Waals surface area contributed by atoms with Gasteiger partial charge in [0.1, 0.15) is 18.1 Å². The van der Waals surface area contributed by atoms with Crippen molar-refractivity contribution in [3.63, 3.8) is 0 Å². The molecule has 2 N–H and O–H groups in total. The van der Waals surface area contributed by atoms with Crippen molar-refractivity contribution in [3.05, 3.63) is 75.6 Å². The van der Waals surface area contributed by atoms with E-state index in [0.717, 1.165) is 17.7 Å². The van der Waals surface area contributed by atoms with Crippen molar-refractivity contribution in [3.8, 4) is 5.75 Å². The summed E-state index contributed by atoms with van der Waals surface area (Å²) in [6.07, 6.45) is -4.77. The number of fused-ring (bicyclic) bond motifs is 1. The number of pyridine rings is 1. The van der Waals surface area contributed by atoms with Gasteiger partial charge in [-0.1, -0.05) is 30.3 Å². The molecule has 0 fully saturated rings. The Hall–Kier alpha value is -3.29. The minimum absolute atomic E-state index is 0.0423. The fraction of sp³-hybridized carbons (Fsp3) is 0.111. The van der Waals surface area contributed by atoms with E-state index in [4.69, 9.17) is 9.84 Å². The Balaban J connectivity index is 2.17. The second-order valence-corrected chi connectivity index (χ2v) is 5.49. The maximum absolute atomic E-state index is 13.2. The summed E-state index contributed by atoms with van der Waals surface area (Å²) < 4.78 is 45.2. The van der Waals surface area contributed by atoms with E-state index in [1.807, 2.05) is 0 Å². The van der Waals surface area contributed by atoms with E-state index >= 15 is 0 Å². The number of carbonyl (C=O) groups is 1. The zero-order valence-electron chi connectivity index (χ0n) is 13.1. The summed E-state index contributed by atoms with van der Waals surface area (Å²) >= 11 is 0. The van der Waals surface area contributed by atoms with Gasteiger partial charge in [-0.3, -0.25) is 4.79 Å². The molecule has 26 heavy (non-hydrogen) atoms. The molecule has 2 aromatic carbocycles. The average Bonchev–Trinajstić information content (AvgIpc) is 2.59. The Kier molecular flexibility index (Phi) is 4.41. The average molecular weight is 363 g/mol. The van der Waals surface area contributed by atoms with Crippen LogP contribution in [0.3, 0.4) is 0 Å². The van der Waals surface area contributed by atoms with E-state index in [1.165, 1.54) is 0 Å². The molecule has 0 saturated heterocycles. The van der Waals surface area contributed by atoms with E-state index in [1.54, 1.807) is 30.3 Å². The van der Waals surface area contributed by atoms with E-state index in [9.17, 15) is 22.8 Å². The van der Waals surface area contributed by atoms with Crippen LogP contribution in [0.1, 0.15) is 21.6 Å². The fourth-order valence-corrected chi connectivity index (χ4v) is 2.54. The van der Waals surface area contributed by atoms with Crippen molar-refractivity contribution in [1.29, 1.82) is 0 Å². The number of ether oxygens (including phenoxy) is 1. The molecule has 0 saturated carbocycles. The predicted molar refractivity (Wildman–Crippen MR) is 87.3 cm³/mol. The van der Waals surface area contributed by atoms with Crippen molar-refractivity contribution in [1.82, 2.24) is 4.98 Å². The number of rotatable bonds is 4. The summed E-state index contributed by atoms with van der Waals surface area (Å²) in [6, 6.07) is 11.3. The number of alkyl halides is 3. The minimum Gasteiger partial charge on any atom is -0.487 e. The van der Waals surface area contributed by atoms with Gasteiger partial charge in [0.05, 0.1) is 16.5 Å². The van der Waals surface area contributed by atoms with Crippen molar-refractivity contribution < 1.29 is 27.8 Å². The predicted octanol–water partition coefficient (Wildman–Crippen LogP) is 3.82. The van der Waals surface area contributed by atoms with Gasteiger partial charge in [0.25, 0.3) is 0 Å². The van der Waals surface area contributed by atoms with Gasteiger partial charge in [-0.15, -0.1) is 0 Å². The van der Waals surface area contributed by atoms with E-state index in [2.05, 4.69) is 4.98 Å². The number of aromatic nitrogens is 1. The Morgan fingerprint density at radius 2 is 1.81 bits per heavy atom. The molecular formula is C18H12F3NO4. The SMILES string of the molecule is O=C(O)c1cc(=O)c2c(C(F)(F)F)ccc(OCc3ccccc3)c2[nH]1. The monoisotopic (exact) mass is 363 g/mol. The van der Waals surface area contributed by atoms with Crippen molar-refractivity contribution in [2.45, 2.75) is 12.8 Å². The van der Waals surface area contributed by atoms with Crippen LogP contribution in [0.25, 0.3) is 10.9 Å². The Labute approximate surface area is 144 Å². The topological polar surface area (TPSA) is 79.4 Å². The van der Waals surface area contributed by atoms with Crippen molar-refractivity contribution in [2.75, 3.05) is 0 Å². The second kappa shape index (κ2) is 6.55. The molecular weight excluding hydrogens is 351 g/mol. The van der Waals surface area contributed by atoms with E-state index in [0.29, 0.717) is 6.07 Å². The quantitative estimate of drug-likeness (QED) is 0.739. The smallest absolute Gasteiger partial charge is 0.417 e. The van der Waals surface area contributed by atoms with Gasteiger partial charge in [0.15, 0.2) is 5.43 Å². The lowest BCUT2D eigenvalue weighted by molar-refractivity contribution is -0.136. The van der Waals surface area contributed by atoms with Crippen LogP contribution < -0.4 is 10.2 Å². The maximum Gasteiger partial charge on any atom is 0.417 e. The first-order valence-electron chi connectivity index (χ1n) is 7.44. The summed E-state index contributed by atoms with van der Waals surface area (Å²) in [5, 5.41) is 8.40. The zero-order valence-corrected chi connectivity index (χ0v) is 13.1. The van der Waals surface area contributed by atoms with Gasteiger partial charge in [-0.05, 0) is 17.7 Å². The molecule has 0 atom stereocenters. The first-order valence-corrected chi connectivity index (χ1v) is 7.44. The summed E-state index contributed by atoms with van der Waals surface area (Å²) in [6.45, 7) is 0.0423. The Bertz CT molecular complexity index is 1030. The Morgan fingerprint density at radius 3 is 2.42 bits per heavy atom. The fourth-order valence-electron chi connectivity index (χ4n) is 2.54.